The second-order valence-corrected chi connectivity index (χ2v) is 6.43. The van der Waals surface area contributed by atoms with E-state index in [-0.39, 0.29) is 17.3 Å². The van der Waals surface area contributed by atoms with E-state index in [9.17, 15) is 14.9 Å². The largest absolute Gasteiger partial charge is 0.481 e. The SMILES string of the molecule is CCc1ccc(Nc2ncnc(N3CCC(C(=O)O)CC3)c2[N+](=O)[O-])cc1. The summed E-state index contributed by atoms with van der Waals surface area (Å²) in [6.45, 7) is 2.86. The summed E-state index contributed by atoms with van der Waals surface area (Å²) in [5.41, 5.74) is 1.66. The smallest absolute Gasteiger partial charge is 0.353 e. The van der Waals surface area contributed by atoms with E-state index in [0.717, 1.165) is 6.42 Å². The maximum Gasteiger partial charge on any atom is 0.353 e. The van der Waals surface area contributed by atoms with E-state index >= 15 is 0 Å². The molecule has 0 amide bonds. The molecule has 1 aliphatic rings. The van der Waals surface area contributed by atoms with Crippen molar-refractivity contribution in [1.82, 2.24) is 9.97 Å². The van der Waals surface area contributed by atoms with Crippen LogP contribution in [0.25, 0.3) is 0 Å². The monoisotopic (exact) mass is 371 g/mol. The van der Waals surface area contributed by atoms with Gasteiger partial charge in [0.25, 0.3) is 0 Å². The lowest BCUT2D eigenvalue weighted by Crippen LogP contribution is -2.37. The number of carboxylic acid groups (broad SMARTS) is 1. The molecule has 0 unspecified atom stereocenters. The van der Waals surface area contributed by atoms with Crippen molar-refractivity contribution >= 4 is 29.0 Å². The zero-order valence-corrected chi connectivity index (χ0v) is 15.0. The van der Waals surface area contributed by atoms with Crippen molar-refractivity contribution in [1.29, 1.82) is 0 Å². The van der Waals surface area contributed by atoms with E-state index < -0.39 is 16.8 Å². The van der Waals surface area contributed by atoms with Crippen LogP contribution >= 0.6 is 0 Å². The molecule has 0 atom stereocenters. The lowest BCUT2D eigenvalue weighted by Gasteiger charge is -2.30. The molecule has 0 spiro atoms. The molecule has 2 N–H and O–H groups in total. The Morgan fingerprint density at radius 3 is 2.52 bits per heavy atom. The molecule has 142 valence electrons. The predicted molar refractivity (Wildman–Crippen MR) is 100 cm³/mol. The van der Waals surface area contributed by atoms with Crippen LogP contribution in [0, 0.1) is 16.0 Å². The van der Waals surface area contributed by atoms with Crippen molar-refractivity contribution < 1.29 is 14.8 Å². The van der Waals surface area contributed by atoms with Gasteiger partial charge in [0, 0.05) is 18.8 Å². The van der Waals surface area contributed by atoms with Crippen LogP contribution in [0.4, 0.5) is 23.0 Å². The van der Waals surface area contributed by atoms with Crippen molar-refractivity contribution in [3.05, 3.63) is 46.3 Å². The summed E-state index contributed by atoms with van der Waals surface area (Å²) in [6, 6.07) is 7.60. The fourth-order valence-electron chi connectivity index (χ4n) is 3.16. The average molecular weight is 371 g/mol. The second kappa shape index (κ2) is 7.98. The first-order valence-corrected chi connectivity index (χ1v) is 8.82. The Morgan fingerprint density at radius 2 is 1.96 bits per heavy atom. The summed E-state index contributed by atoms with van der Waals surface area (Å²) in [6.07, 6.45) is 3.05. The summed E-state index contributed by atoms with van der Waals surface area (Å²) >= 11 is 0. The Balaban J connectivity index is 1.86. The molecule has 0 saturated carbocycles. The molecule has 1 aromatic heterocycles. The number of nitrogens with zero attached hydrogens (tertiary/aromatic N) is 4. The van der Waals surface area contributed by atoms with E-state index in [1.807, 2.05) is 24.3 Å². The third-order valence-corrected chi connectivity index (χ3v) is 4.75. The van der Waals surface area contributed by atoms with Crippen molar-refractivity contribution in [3.63, 3.8) is 0 Å². The van der Waals surface area contributed by atoms with Crippen LogP contribution in [0.15, 0.2) is 30.6 Å². The first-order valence-electron chi connectivity index (χ1n) is 8.82. The lowest BCUT2D eigenvalue weighted by atomic mass is 9.97. The molecule has 2 heterocycles. The van der Waals surface area contributed by atoms with Crippen LogP contribution in [0.1, 0.15) is 25.3 Å². The molecule has 1 aromatic carbocycles. The van der Waals surface area contributed by atoms with Gasteiger partial charge in [-0.25, -0.2) is 9.97 Å². The minimum Gasteiger partial charge on any atom is -0.481 e. The minimum absolute atomic E-state index is 0.120. The maximum atomic E-state index is 11.7. The first-order chi connectivity index (χ1) is 13.0. The normalized spacial score (nSPS) is 14.8. The molecule has 0 aliphatic carbocycles. The van der Waals surface area contributed by atoms with Crippen LogP contribution in [0.2, 0.25) is 0 Å². The molecule has 27 heavy (non-hydrogen) atoms. The van der Waals surface area contributed by atoms with Gasteiger partial charge in [0.15, 0.2) is 0 Å². The maximum absolute atomic E-state index is 11.7. The number of aliphatic carboxylic acids is 1. The van der Waals surface area contributed by atoms with Gasteiger partial charge in [-0.05, 0) is 37.0 Å². The number of piperidine rings is 1. The van der Waals surface area contributed by atoms with Gasteiger partial charge < -0.3 is 15.3 Å². The van der Waals surface area contributed by atoms with Gasteiger partial charge in [-0.1, -0.05) is 19.1 Å². The molecule has 0 radical (unpaired) electrons. The van der Waals surface area contributed by atoms with E-state index in [0.29, 0.717) is 31.6 Å². The first kappa shape index (κ1) is 18.6. The Labute approximate surface area is 156 Å². The van der Waals surface area contributed by atoms with Crippen LogP contribution in [0.5, 0.6) is 0 Å². The number of carbonyl (C=O) groups is 1. The van der Waals surface area contributed by atoms with Crippen LogP contribution in [-0.2, 0) is 11.2 Å². The Morgan fingerprint density at radius 1 is 1.30 bits per heavy atom. The van der Waals surface area contributed by atoms with Crippen molar-refractivity contribution in [2.24, 2.45) is 5.92 Å². The molecule has 1 fully saturated rings. The van der Waals surface area contributed by atoms with E-state index in [1.54, 1.807) is 4.90 Å². The standard InChI is InChI=1S/C18H21N5O4/c1-2-12-3-5-14(6-4-12)21-16-15(23(26)27)17(20-11-19-16)22-9-7-13(8-10-22)18(24)25/h3-6,11,13H,2,7-10H2,1H3,(H,24,25)(H,19,20,21). The molecule has 0 bridgehead atoms. The lowest BCUT2D eigenvalue weighted by molar-refractivity contribution is -0.383. The summed E-state index contributed by atoms with van der Waals surface area (Å²) in [7, 11) is 0. The van der Waals surface area contributed by atoms with Crippen molar-refractivity contribution in [2.75, 3.05) is 23.3 Å². The van der Waals surface area contributed by atoms with Crippen molar-refractivity contribution in [3.8, 4) is 0 Å². The van der Waals surface area contributed by atoms with Gasteiger partial charge in [0.2, 0.25) is 11.6 Å². The predicted octanol–water partition coefficient (Wildman–Crippen LogP) is 2.99. The van der Waals surface area contributed by atoms with E-state index in [2.05, 4.69) is 22.2 Å². The molecule has 9 heteroatoms. The van der Waals surface area contributed by atoms with Gasteiger partial charge in [0.05, 0.1) is 10.8 Å². The summed E-state index contributed by atoms with van der Waals surface area (Å²) < 4.78 is 0. The highest BCUT2D eigenvalue weighted by molar-refractivity contribution is 5.75. The Hall–Kier alpha value is -3.23. The third kappa shape index (κ3) is 4.13. The van der Waals surface area contributed by atoms with E-state index in [4.69, 9.17) is 5.11 Å². The highest BCUT2D eigenvalue weighted by Crippen LogP contribution is 2.35. The summed E-state index contributed by atoms with van der Waals surface area (Å²) in [5, 5.41) is 23.8. The van der Waals surface area contributed by atoms with Gasteiger partial charge in [-0.15, -0.1) is 0 Å². The zero-order valence-electron chi connectivity index (χ0n) is 15.0. The Bertz CT molecular complexity index is 832. The molecule has 9 nitrogen and oxygen atoms in total. The molecule has 1 aliphatic heterocycles. The van der Waals surface area contributed by atoms with Crippen LogP contribution in [-0.4, -0.2) is 39.1 Å². The fraction of sp³-hybridized carbons (Fsp3) is 0.389. The Kier molecular flexibility index (Phi) is 5.49. The van der Waals surface area contributed by atoms with Gasteiger partial charge in [-0.3, -0.25) is 14.9 Å². The highest BCUT2D eigenvalue weighted by Gasteiger charge is 2.31. The van der Waals surface area contributed by atoms with Gasteiger partial charge >= 0.3 is 11.7 Å². The highest BCUT2D eigenvalue weighted by atomic mass is 16.6. The number of aryl methyl sites for hydroxylation is 1. The topological polar surface area (TPSA) is 121 Å². The molecule has 3 rings (SSSR count). The number of hydrogen-bond donors (Lipinski definition) is 2. The number of benzene rings is 1. The number of anilines is 3. The van der Waals surface area contributed by atoms with Gasteiger partial charge in [0.1, 0.15) is 6.33 Å². The quantitative estimate of drug-likeness (QED) is 0.587. The number of carboxylic acids is 1. The third-order valence-electron chi connectivity index (χ3n) is 4.75. The zero-order chi connectivity index (χ0) is 19.4. The number of nitro groups is 1. The molecule has 2 aromatic rings. The summed E-state index contributed by atoms with van der Waals surface area (Å²) in [4.78, 5) is 32.2. The molecular formula is C18H21N5O4. The van der Waals surface area contributed by atoms with Gasteiger partial charge in [-0.2, -0.15) is 0 Å². The molecular weight excluding hydrogens is 350 g/mol. The fourth-order valence-corrected chi connectivity index (χ4v) is 3.16. The molecule has 1 saturated heterocycles. The number of nitrogens with one attached hydrogen (secondary N) is 1. The number of rotatable bonds is 6. The number of aromatic nitrogens is 2. The van der Waals surface area contributed by atoms with Crippen LogP contribution in [0.3, 0.4) is 0 Å². The van der Waals surface area contributed by atoms with Crippen LogP contribution < -0.4 is 10.2 Å². The average Bonchev–Trinajstić information content (AvgIpc) is 2.68. The number of hydrogen-bond acceptors (Lipinski definition) is 7. The summed E-state index contributed by atoms with van der Waals surface area (Å²) in [5.74, 6) is -0.914. The minimum atomic E-state index is -0.829. The second-order valence-electron chi connectivity index (χ2n) is 6.43. The van der Waals surface area contributed by atoms with Crippen molar-refractivity contribution in [2.45, 2.75) is 26.2 Å². The van der Waals surface area contributed by atoms with E-state index in [1.165, 1.54) is 11.9 Å².